The first-order valence-corrected chi connectivity index (χ1v) is 12.5. The van der Waals surface area contributed by atoms with Gasteiger partial charge in [-0.05, 0) is 84.1 Å². The van der Waals surface area contributed by atoms with E-state index in [-0.39, 0.29) is 16.6 Å². The Hall–Kier alpha value is -2.36. The van der Waals surface area contributed by atoms with Crippen LogP contribution in [0.15, 0.2) is 42.5 Å². The van der Waals surface area contributed by atoms with Gasteiger partial charge in [-0.15, -0.1) is 15.0 Å². The van der Waals surface area contributed by atoms with Gasteiger partial charge in [0, 0.05) is 0 Å². The number of benzene rings is 2. The van der Waals surface area contributed by atoms with Crippen molar-refractivity contribution in [2.24, 2.45) is 22.7 Å². The van der Waals surface area contributed by atoms with Crippen molar-refractivity contribution in [3.8, 4) is 11.4 Å². The van der Waals surface area contributed by atoms with E-state index in [1.807, 2.05) is 30.3 Å². The molecule has 0 aliphatic heterocycles. The van der Waals surface area contributed by atoms with Gasteiger partial charge in [-0.25, -0.2) is 0 Å². The van der Waals surface area contributed by atoms with Crippen LogP contribution < -0.4 is 0 Å². The lowest BCUT2D eigenvalue weighted by Gasteiger charge is -2.37. The summed E-state index contributed by atoms with van der Waals surface area (Å²) in [6, 6.07) is 13.8. The second kappa shape index (κ2) is 9.87. The molecule has 33 heavy (non-hydrogen) atoms. The molecule has 0 aliphatic carbocycles. The summed E-state index contributed by atoms with van der Waals surface area (Å²) in [5.74, 6) is 1.94. The Bertz CT molecular complexity index is 1000. The number of phenols is 1. The van der Waals surface area contributed by atoms with E-state index >= 15 is 0 Å². The molecular formula is C29H43N3O. The molecule has 0 spiro atoms. The van der Waals surface area contributed by atoms with Crippen LogP contribution in [0, 0.1) is 22.7 Å². The SMILES string of the molecule is CC(C)CC(C)(C)CC(CC(C)(C)CC(C)C)c1ccc(O)c(-n2nc3ccccc3n2)c1. The van der Waals surface area contributed by atoms with Crippen molar-refractivity contribution >= 4 is 11.0 Å². The maximum absolute atomic E-state index is 10.7. The highest BCUT2D eigenvalue weighted by Crippen LogP contribution is 2.45. The number of nitrogens with zero attached hydrogens (tertiary/aromatic N) is 3. The smallest absolute Gasteiger partial charge is 0.143 e. The number of hydrogen-bond donors (Lipinski definition) is 1. The Morgan fingerprint density at radius 2 is 1.24 bits per heavy atom. The average molecular weight is 450 g/mol. The van der Waals surface area contributed by atoms with E-state index in [4.69, 9.17) is 0 Å². The van der Waals surface area contributed by atoms with Crippen LogP contribution >= 0.6 is 0 Å². The molecule has 4 nitrogen and oxygen atoms in total. The summed E-state index contributed by atoms with van der Waals surface area (Å²) in [7, 11) is 0. The zero-order valence-electron chi connectivity index (χ0n) is 21.9. The van der Waals surface area contributed by atoms with E-state index in [0.29, 0.717) is 23.4 Å². The fraction of sp³-hybridized carbons (Fsp3) is 0.586. The van der Waals surface area contributed by atoms with Crippen LogP contribution in [0.25, 0.3) is 16.7 Å². The van der Waals surface area contributed by atoms with Crippen LogP contribution in [0.3, 0.4) is 0 Å². The summed E-state index contributed by atoms with van der Waals surface area (Å²) in [6.07, 6.45) is 4.63. The molecule has 0 saturated carbocycles. The van der Waals surface area contributed by atoms with E-state index in [9.17, 15) is 5.11 Å². The zero-order valence-corrected chi connectivity index (χ0v) is 21.9. The molecule has 180 valence electrons. The molecule has 1 heterocycles. The number of rotatable bonds is 10. The summed E-state index contributed by atoms with van der Waals surface area (Å²) in [5.41, 5.74) is 4.05. The molecule has 0 amide bonds. The normalized spacial score (nSPS) is 13.1. The molecule has 0 fully saturated rings. The first kappa shape index (κ1) is 25.3. The molecule has 0 bridgehead atoms. The Kier molecular flexibility index (Phi) is 7.55. The highest BCUT2D eigenvalue weighted by atomic mass is 16.3. The van der Waals surface area contributed by atoms with Crippen molar-refractivity contribution in [2.75, 3.05) is 0 Å². The summed E-state index contributed by atoms with van der Waals surface area (Å²) in [5, 5.41) is 19.9. The first-order valence-electron chi connectivity index (χ1n) is 12.5. The maximum atomic E-state index is 10.7. The van der Waals surface area contributed by atoms with Crippen LogP contribution in [-0.2, 0) is 0 Å². The molecule has 3 rings (SSSR count). The van der Waals surface area contributed by atoms with Gasteiger partial charge in [-0.1, -0.05) is 73.6 Å². The molecule has 2 aromatic carbocycles. The highest BCUT2D eigenvalue weighted by molar-refractivity contribution is 5.73. The second-order valence-corrected chi connectivity index (χ2v) is 12.4. The van der Waals surface area contributed by atoms with Crippen LogP contribution in [0.2, 0.25) is 0 Å². The zero-order chi connectivity index (χ0) is 24.4. The maximum Gasteiger partial charge on any atom is 0.143 e. The van der Waals surface area contributed by atoms with Crippen LogP contribution in [0.1, 0.15) is 92.6 Å². The van der Waals surface area contributed by atoms with Gasteiger partial charge in [-0.2, -0.15) is 0 Å². The Balaban J connectivity index is 2.00. The van der Waals surface area contributed by atoms with Crippen LogP contribution in [0.4, 0.5) is 0 Å². The standard InChI is InChI=1S/C29H43N3O/c1-20(2)16-28(5,6)18-23(19-29(7,8)17-21(3)4)22-13-14-27(33)26(15-22)32-30-24-11-9-10-12-25(24)31-32/h9-15,20-21,23,33H,16-19H2,1-8H3. The fourth-order valence-electron chi connectivity index (χ4n) is 5.94. The number of aromatic hydroxyl groups is 1. The molecular weight excluding hydrogens is 406 g/mol. The van der Waals surface area contributed by atoms with E-state index < -0.39 is 0 Å². The van der Waals surface area contributed by atoms with Crippen LogP contribution in [0.5, 0.6) is 5.75 Å². The summed E-state index contributed by atoms with van der Waals surface area (Å²) >= 11 is 0. The van der Waals surface area contributed by atoms with E-state index in [2.05, 4.69) is 77.7 Å². The van der Waals surface area contributed by atoms with Crippen molar-refractivity contribution in [2.45, 2.75) is 87.0 Å². The summed E-state index contributed by atoms with van der Waals surface area (Å²) in [4.78, 5) is 1.58. The molecule has 1 N–H and O–H groups in total. The quantitative estimate of drug-likeness (QED) is 0.340. The van der Waals surface area contributed by atoms with E-state index in [1.165, 1.54) is 18.4 Å². The lowest BCUT2D eigenvalue weighted by Crippen LogP contribution is -2.24. The van der Waals surface area contributed by atoms with Gasteiger partial charge in [0.1, 0.15) is 22.5 Å². The second-order valence-electron chi connectivity index (χ2n) is 12.4. The first-order chi connectivity index (χ1) is 15.3. The minimum atomic E-state index is 0.209. The van der Waals surface area contributed by atoms with Gasteiger partial charge in [-0.3, -0.25) is 0 Å². The van der Waals surface area contributed by atoms with Gasteiger partial charge >= 0.3 is 0 Å². The lowest BCUT2D eigenvalue weighted by atomic mass is 9.68. The predicted molar refractivity (Wildman–Crippen MR) is 139 cm³/mol. The molecule has 4 heteroatoms. The number of aromatic nitrogens is 3. The van der Waals surface area contributed by atoms with Crippen molar-refractivity contribution in [1.29, 1.82) is 0 Å². The van der Waals surface area contributed by atoms with Gasteiger partial charge < -0.3 is 5.11 Å². The lowest BCUT2D eigenvalue weighted by molar-refractivity contribution is 0.191. The fourth-order valence-corrected chi connectivity index (χ4v) is 5.94. The van der Waals surface area contributed by atoms with Crippen molar-refractivity contribution in [3.05, 3.63) is 48.0 Å². The summed E-state index contributed by atoms with van der Waals surface area (Å²) < 4.78 is 0. The largest absolute Gasteiger partial charge is 0.506 e. The third-order valence-corrected chi connectivity index (χ3v) is 6.49. The minimum Gasteiger partial charge on any atom is -0.506 e. The molecule has 0 aliphatic rings. The Morgan fingerprint density at radius 1 is 0.758 bits per heavy atom. The monoisotopic (exact) mass is 449 g/mol. The number of fused-ring (bicyclic) bond motifs is 1. The van der Waals surface area contributed by atoms with E-state index in [1.54, 1.807) is 4.80 Å². The van der Waals surface area contributed by atoms with Gasteiger partial charge in [0.2, 0.25) is 0 Å². The van der Waals surface area contributed by atoms with Gasteiger partial charge in [0.05, 0.1) is 0 Å². The Morgan fingerprint density at radius 3 is 1.70 bits per heavy atom. The van der Waals surface area contributed by atoms with E-state index in [0.717, 1.165) is 23.9 Å². The number of hydrogen-bond acceptors (Lipinski definition) is 3. The molecule has 0 saturated heterocycles. The summed E-state index contributed by atoms with van der Waals surface area (Å²) in [6.45, 7) is 18.9. The predicted octanol–water partition coefficient (Wildman–Crippen LogP) is 8.13. The van der Waals surface area contributed by atoms with Crippen molar-refractivity contribution in [1.82, 2.24) is 15.0 Å². The molecule has 0 atom stereocenters. The molecule has 1 aromatic heterocycles. The Labute approximate surface area is 200 Å². The van der Waals surface area contributed by atoms with Crippen LogP contribution in [-0.4, -0.2) is 20.1 Å². The average Bonchev–Trinajstić information content (AvgIpc) is 3.09. The van der Waals surface area contributed by atoms with Gasteiger partial charge in [0.25, 0.3) is 0 Å². The highest BCUT2D eigenvalue weighted by Gasteiger charge is 2.31. The molecule has 0 unspecified atom stereocenters. The third-order valence-electron chi connectivity index (χ3n) is 6.49. The van der Waals surface area contributed by atoms with Crippen molar-refractivity contribution in [3.63, 3.8) is 0 Å². The third kappa shape index (κ3) is 6.82. The topological polar surface area (TPSA) is 50.9 Å². The minimum absolute atomic E-state index is 0.209. The van der Waals surface area contributed by atoms with Crippen molar-refractivity contribution < 1.29 is 5.11 Å². The van der Waals surface area contributed by atoms with Gasteiger partial charge in [0.15, 0.2) is 0 Å². The molecule has 3 aromatic rings. The number of phenolic OH excluding ortho intramolecular Hbond substituents is 1. The molecule has 0 radical (unpaired) electrons.